The molecule has 27 aromatic rings. The van der Waals surface area contributed by atoms with E-state index in [-0.39, 0.29) is 0 Å². The molecule has 0 bridgehead atoms. The lowest BCUT2D eigenvalue weighted by Gasteiger charge is -2.14. The van der Waals surface area contributed by atoms with Crippen LogP contribution in [0.25, 0.3) is 270 Å². The second kappa shape index (κ2) is 32.8. The second-order valence-corrected chi connectivity index (χ2v) is 38.1. The van der Waals surface area contributed by atoms with E-state index in [2.05, 4.69) is 376 Å². The maximum Gasteiger partial charge on any atom is 0.160 e. The summed E-state index contributed by atoms with van der Waals surface area (Å²) >= 11 is 7.44. The number of hydrogen-bond acceptors (Lipinski definition) is 12. The van der Waals surface area contributed by atoms with Crippen molar-refractivity contribution in [2.45, 2.75) is 0 Å². The van der Waals surface area contributed by atoms with Gasteiger partial charge in [-0.3, -0.25) is 9.97 Å². The van der Waals surface area contributed by atoms with Crippen molar-refractivity contribution >= 4 is 170 Å². The molecule has 8 nitrogen and oxygen atoms in total. The molecule has 0 N–H and O–H groups in total. The van der Waals surface area contributed by atoms with E-state index in [1.165, 1.54) is 114 Å². The average Bonchev–Trinajstić information content (AvgIpc) is 1.61. The molecule has 10 heterocycles. The zero-order chi connectivity index (χ0) is 88.3. The number of fused-ring (bicyclic) bond motifs is 18. The fourth-order valence-corrected chi connectivity index (χ4v) is 24.2. The molecule has 12 heteroatoms. The van der Waals surface area contributed by atoms with Crippen molar-refractivity contribution in [2.24, 2.45) is 0 Å². The Labute approximate surface area is 786 Å². The fraction of sp³-hybridized carbons (Fsp3) is 0. The Bertz CT molecular complexity index is 9080. The normalized spacial score (nSPS) is 11.7. The molecule has 0 aliphatic rings. The summed E-state index contributed by atoms with van der Waals surface area (Å²) in [5.74, 6) is 1.32. The van der Waals surface area contributed by atoms with Gasteiger partial charge in [-0.25, -0.2) is 29.9 Å². The summed E-state index contributed by atoms with van der Waals surface area (Å²) in [6.07, 6.45) is 3.66. The molecule has 0 saturated carbocycles. The SMILES string of the molecule is c1ccc(-c2nc(-c3cc(-c4cccc5c4sc4ccccc45)cc(-c4cccc5c4sc4ccccc45)c3)cc(-c3ccc4ccc5cccnc5c4n3)n2)cc1.c1ccc(-c2nc(-c3ccc(-c4ccc5ccc6cccnc6c5n4)cc3)cc(-c3cc(-c4ccc(-c5cccc6c5sc5ccccc56)cc4)cc(-c4ccc(-c5cccc6c5sc5ccccc56)cc4)c3)n2)cc1. The van der Waals surface area contributed by atoms with Crippen LogP contribution in [-0.2, 0) is 0 Å². The van der Waals surface area contributed by atoms with E-state index >= 15 is 0 Å². The van der Waals surface area contributed by atoms with Crippen molar-refractivity contribution in [3.8, 4) is 146 Å². The van der Waals surface area contributed by atoms with Crippen LogP contribution in [0.2, 0.25) is 0 Å². The van der Waals surface area contributed by atoms with Crippen molar-refractivity contribution in [1.29, 1.82) is 0 Å². The smallest absolute Gasteiger partial charge is 0.160 e. The highest BCUT2D eigenvalue weighted by Gasteiger charge is 2.23. The molecule has 27 rings (SSSR count). The molecular weight excluding hydrogens is 1710 g/mol. The third-order valence-electron chi connectivity index (χ3n) is 25.9. The van der Waals surface area contributed by atoms with Crippen LogP contribution < -0.4 is 0 Å². The van der Waals surface area contributed by atoms with Crippen molar-refractivity contribution in [2.75, 3.05) is 0 Å². The summed E-state index contributed by atoms with van der Waals surface area (Å²) in [7, 11) is 0. The number of thiophene rings is 4. The number of pyridine rings is 4. The lowest BCUT2D eigenvalue weighted by Crippen LogP contribution is -1.98. The molecule has 0 amide bonds. The van der Waals surface area contributed by atoms with E-state index in [9.17, 15) is 0 Å². The third-order valence-corrected chi connectivity index (χ3v) is 30.8. The molecule has 0 unspecified atom stereocenters. The molecule has 0 fully saturated rings. The van der Waals surface area contributed by atoms with Gasteiger partial charge in [-0.2, -0.15) is 0 Å². The molecule has 0 aliphatic heterocycles. The minimum Gasteiger partial charge on any atom is -0.254 e. The summed E-state index contributed by atoms with van der Waals surface area (Å²) in [6, 6.07) is 152. The monoisotopic (exact) mass is 1780 g/mol. The number of nitrogens with zero attached hydrogens (tertiary/aromatic N) is 8. The van der Waals surface area contributed by atoms with Gasteiger partial charge < -0.3 is 0 Å². The maximum absolute atomic E-state index is 5.36. The molecule has 0 atom stereocenters. The average molecular weight is 1780 g/mol. The topological polar surface area (TPSA) is 103 Å². The highest BCUT2D eigenvalue weighted by atomic mass is 32.1. The summed E-state index contributed by atoms with van der Waals surface area (Å²) in [4.78, 5) is 40.9. The molecule has 0 spiro atoms. The zero-order valence-electron chi connectivity index (χ0n) is 71.8. The molecule has 0 aliphatic carbocycles. The van der Waals surface area contributed by atoms with E-state index in [0.717, 1.165) is 145 Å². The van der Waals surface area contributed by atoms with Gasteiger partial charge in [-0.1, -0.05) is 328 Å². The van der Waals surface area contributed by atoms with Gasteiger partial charge in [0.25, 0.3) is 0 Å². The van der Waals surface area contributed by atoms with Crippen LogP contribution in [0.4, 0.5) is 0 Å². The Morgan fingerprint density at radius 1 is 0.149 bits per heavy atom. The Hall–Kier alpha value is -16.6. The van der Waals surface area contributed by atoms with Gasteiger partial charge in [0.15, 0.2) is 11.6 Å². The first-order valence-corrected chi connectivity index (χ1v) is 48.0. The largest absolute Gasteiger partial charge is 0.254 e. The van der Waals surface area contributed by atoms with Gasteiger partial charge in [-0.15, -0.1) is 45.3 Å². The van der Waals surface area contributed by atoms with Gasteiger partial charge in [0.2, 0.25) is 0 Å². The van der Waals surface area contributed by atoms with Crippen LogP contribution in [0.5, 0.6) is 0 Å². The van der Waals surface area contributed by atoms with E-state index in [1.54, 1.807) is 0 Å². The van der Waals surface area contributed by atoms with Crippen LogP contribution in [0.15, 0.2) is 437 Å². The van der Waals surface area contributed by atoms with Crippen molar-refractivity contribution in [1.82, 2.24) is 39.9 Å². The standard InChI is InChI=1S/C70H42N4S2.C52H30N4S2/c1-2-11-51(12-3-1)70-73-62(48-32-30-47(31-33-48)61-37-36-50-35-34-49-13-10-38-71-66(49)67(50)72-61)42-63(74-70)54-40-52(43-22-26-45(27-23-43)55-16-8-18-59-57-14-4-6-20-64(57)75-68(55)59)39-53(41-54)44-24-28-46(29-25-44)56-17-9-19-60-58-15-5-7-21-65(58)76-69(56)60;1-2-11-33(12-3-1)52-55-44(30-45(56-52)43-25-24-32-23-22-31-13-10-26-53-48(31)49(32)54-43)36-28-34(37-16-8-18-41-39-14-4-6-20-46(39)57-50(37)41)27-35(29-36)38-17-9-19-42-40-15-5-7-21-47(40)58-51(38)42/h1-42H;1-30H. The summed E-state index contributed by atoms with van der Waals surface area (Å²) in [5.41, 5.74) is 28.4. The van der Waals surface area contributed by atoms with Gasteiger partial charge in [0, 0.05) is 148 Å². The van der Waals surface area contributed by atoms with E-state index < -0.39 is 0 Å². The maximum atomic E-state index is 5.36. The Morgan fingerprint density at radius 2 is 0.440 bits per heavy atom. The summed E-state index contributed by atoms with van der Waals surface area (Å²) in [5, 5.41) is 14.6. The van der Waals surface area contributed by atoms with Crippen molar-refractivity contribution < 1.29 is 0 Å². The third kappa shape index (κ3) is 14.1. The number of aromatic nitrogens is 8. The van der Waals surface area contributed by atoms with Gasteiger partial charge in [-0.05, 0) is 164 Å². The number of rotatable bonds is 13. The van der Waals surface area contributed by atoms with Gasteiger partial charge in [0.1, 0.15) is 0 Å². The highest BCUT2D eigenvalue weighted by molar-refractivity contribution is 7.27. The van der Waals surface area contributed by atoms with Gasteiger partial charge >= 0.3 is 0 Å². The minimum atomic E-state index is 0.649. The summed E-state index contributed by atoms with van der Waals surface area (Å²) < 4.78 is 10.4. The lowest BCUT2D eigenvalue weighted by atomic mass is 9.92. The Balaban J connectivity index is 0.000000145. The molecular formula is C122H72N8S4. The first kappa shape index (κ1) is 78.5. The quantitative estimate of drug-likeness (QED) is 0.105. The van der Waals surface area contributed by atoms with E-state index in [0.29, 0.717) is 11.6 Å². The number of hydrogen-bond donors (Lipinski definition) is 0. The van der Waals surface area contributed by atoms with Gasteiger partial charge in [0.05, 0.1) is 56.2 Å². The first-order valence-electron chi connectivity index (χ1n) is 44.8. The molecule has 134 heavy (non-hydrogen) atoms. The molecule has 0 radical (unpaired) electrons. The predicted molar refractivity (Wildman–Crippen MR) is 567 cm³/mol. The molecule has 17 aromatic carbocycles. The Kier molecular flexibility index (Phi) is 19.2. The predicted octanol–water partition coefficient (Wildman–Crippen LogP) is 34.3. The van der Waals surface area contributed by atoms with E-state index in [1.807, 2.05) is 106 Å². The first-order chi connectivity index (χ1) is 66.3. The van der Waals surface area contributed by atoms with Crippen LogP contribution in [0.1, 0.15) is 0 Å². The second-order valence-electron chi connectivity index (χ2n) is 33.9. The summed E-state index contributed by atoms with van der Waals surface area (Å²) in [6.45, 7) is 0. The minimum absolute atomic E-state index is 0.649. The van der Waals surface area contributed by atoms with Crippen LogP contribution >= 0.6 is 45.3 Å². The fourth-order valence-electron chi connectivity index (χ4n) is 19.2. The van der Waals surface area contributed by atoms with Crippen LogP contribution in [0, 0.1) is 0 Å². The molecule has 624 valence electrons. The highest BCUT2D eigenvalue weighted by Crippen LogP contribution is 2.49. The molecule has 10 aromatic heterocycles. The van der Waals surface area contributed by atoms with E-state index in [4.69, 9.17) is 39.9 Å². The molecule has 0 saturated heterocycles. The van der Waals surface area contributed by atoms with Crippen LogP contribution in [-0.4, -0.2) is 39.9 Å². The van der Waals surface area contributed by atoms with Crippen LogP contribution in [0.3, 0.4) is 0 Å². The zero-order valence-corrected chi connectivity index (χ0v) is 75.0. The van der Waals surface area contributed by atoms with Crippen molar-refractivity contribution in [3.05, 3.63) is 437 Å². The lowest BCUT2D eigenvalue weighted by molar-refractivity contribution is 1.17. The number of benzene rings is 17. The van der Waals surface area contributed by atoms with Crippen molar-refractivity contribution in [3.63, 3.8) is 0 Å². The Morgan fingerprint density at radius 3 is 0.858 bits per heavy atom.